The zero-order valence-corrected chi connectivity index (χ0v) is 9.25. The number of alkyl halides is 2. The van der Waals surface area contributed by atoms with Gasteiger partial charge in [-0.25, -0.2) is 13.2 Å². The second kappa shape index (κ2) is 5.21. The van der Waals surface area contributed by atoms with Crippen LogP contribution in [0.1, 0.15) is 18.5 Å². The lowest BCUT2D eigenvalue weighted by atomic mass is 10.1. The number of nitrogens with zero attached hydrogens (tertiary/aromatic N) is 1. The molecule has 90 valence electrons. The van der Waals surface area contributed by atoms with Gasteiger partial charge in [0.25, 0.3) is 6.43 Å². The van der Waals surface area contributed by atoms with Gasteiger partial charge in [-0.2, -0.15) is 0 Å². The summed E-state index contributed by atoms with van der Waals surface area (Å²) < 4.78 is 38.0. The fourth-order valence-corrected chi connectivity index (χ4v) is 1.60. The number of benzene rings is 1. The molecule has 1 aromatic carbocycles. The molecule has 0 aliphatic heterocycles. The quantitative estimate of drug-likeness (QED) is 0.864. The Labute approximate surface area is 92.9 Å². The molecule has 0 spiro atoms. The van der Waals surface area contributed by atoms with Crippen LogP contribution >= 0.6 is 0 Å². The van der Waals surface area contributed by atoms with E-state index in [1.54, 1.807) is 13.0 Å². The molecular formula is C11H15F3N2. The maximum absolute atomic E-state index is 13.6. The van der Waals surface area contributed by atoms with Gasteiger partial charge >= 0.3 is 0 Å². The highest BCUT2D eigenvalue weighted by Crippen LogP contribution is 2.27. The first-order valence-corrected chi connectivity index (χ1v) is 4.96. The monoisotopic (exact) mass is 232 g/mol. The zero-order valence-electron chi connectivity index (χ0n) is 9.25. The fourth-order valence-electron chi connectivity index (χ4n) is 1.60. The second-order valence-corrected chi connectivity index (χ2v) is 3.74. The van der Waals surface area contributed by atoms with E-state index in [0.29, 0.717) is 5.56 Å². The van der Waals surface area contributed by atoms with Crippen molar-refractivity contribution in [1.82, 2.24) is 0 Å². The highest BCUT2D eigenvalue weighted by atomic mass is 19.3. The predicted octanol–water partition coefficient (Wildman–Crippen LogP) is 2.55. The van der Waals surface area contributed by atoms with Crippen LogP contribution in [0.15, 0.2) is 18.2 Å². The van der Waals surface area contributed by atoms with Crippen LogP contribution in [-0.4, -0.2) is 20.0 Å². The lowest BCUT2D eigenvalue weighted by Crippen LogP contribution is -2.27. The number of nitrogens with two attached hydrogens (primary N) is 1. The minimum absolute atomic E-state index is 0.151. The van der Waals surface area contributed by atoms with Gasteiger partial charge in [0.1, 0.15) is 5.82 Å². The van der Waals surface area contributed by atoms with E-state index >= 15 is 0 Å². The first-order valence-electron chi connectivity index (χ1n) is 4.96. The summed E-state index contributed by atoms with van der Waals surface area (Å²) in [5.41, 5.74) is 6.35. The molecule has 0 fully saturated rings. The molecule has 1 rings (SSSR count). The number of para-hydroxylation sites is 1. The van der Waals surface area contributed by atoms with E-state index in [1.165, 1.54) is 24.1 Å². The molecule has 5 heteroatoms. The van der Waals surface area contributed by atoms with Crippen LogP contribution in [0.5, 0.6) is 0 Å². The van der Waals surface area contributed by atoms with Crippen LogP contribution < -0.4 is 10.6 Å². The van der Waals surface area contributed by atoms with E-state index in [9.17, 15) is 13.2 Å². The molecule has 0 unspecified atom stereocenters. The summed E-state index contributed by atoms with van der Waals surface area (Å²) in [5, 5.41) is 0. The van der Waals surface area contributed by atoms with Gasteiger partial charge in [0.2, 0.25) is 0 Å². The van der Waals surface area contributed by atoms with E-state index in [0.717, 1.165) is 0 Å². The number of halogens is 3. The van der Waals surface area contributed by atoms with Crippen molar-refractivity contribution in [2.75, 3.05) is 18.5 Å². The van der Waals surface area contributed by atoms with Crippen molar-refractivity contribution in [1.29, 1.82) is 0 Å². The highest BCUT2D eigenvalue weighted by Gasteiger charge is 2.17. The molecule has 0 bridgehead atoms. The Bertz CT molecular complexity index is 353. The number of hydrogen-bond donors (Lipinski definition) is 1. The minimum atomic E-state index is -2.51. The van der Waals surface area contributed by atoms with Crippen molar-refractivity contribution >= 4 is 5.69 Å². The third kappa shape index (κ3) is 2.88. The van der Waals surface area contributed by atoms with Gasteiger partial charge in [-0.1, -0.05) is 12.1 Å². The van der Waals surface area contributed by atoms with Gasteiger partial charge in [-0.15, -0.1) is 0 Å². The Hall–Kier alpha value is -1.23. The molecule has 0 aliphatic carbocycles. The highest BCUT2D eigenvalue weighted by molar-refractivity contribution is 5.55. The van der Waals surface area contributed by atoms with Gasteiger partial charge in [0.15, 0.2) is 0 Å². The molecule has 1 aromatic rings. The lowest BCUT2D eigenvalue weighted by Gasteiger charge is -2.24. The Morgan fingerprint density at radius 1 is 1.38 bits per heavy atom. The maximum Gasteiger partial charge on any atom is 0.255 e. The number of rotatable bonds is 4. The third-order valence-electron chi connectivity index (χ3n) is 2.30. The summed E-state index contributed by atoms with van der Waals surface area (Å²) in [6.45, 7) is 1.18. The van der Waals surface area contributed by atoms with Crippen molar-refractivity contribution in [3.63, 3.8) is 0 Å². The number of hydrogen-bond acceptors (Lipinski definition) is 2. The molecule has 0 aromatic heterocycles. The van der Waals surface area contributed by atoms with Crippen molar-refractivity contribution in [3.8, 4) is 0 Å². The topological polar surface area (TPSA) is 29.3 Å². The molecule has 0 aliphatic rings. The van der Waals surface area contributed by atoms with Gasteiger partial charge < -0.3 is 10.6 Å². The minimum Gasteiger partial charge on any atom is -0.366 e. The van der Waals surface area contributed by atoms with Crippen LogP contribution in [0.3, 0.4) is 0 Å². The normalized spacial score (nSPS) is 12.9. The second-order valence-electron chi connectivity index (χ2n) is 3.74. The van der Waals surface area contributed by atoms with Crippen LogP contribution in [0.2, 0.25) is 0 Å². The van der Waals surface area contributed by atoms with Crippen molar-refractivity contribution in [3.05, 3.63) is 29.6 Å². The summed E-state index contributed by atoms with van der Waals surface area (Å²) in [6, 6.07) is 4.01. The molecule has 0 heterocycles. The molecule has 0 amide bonds. The van der Waals surface area contributed by atoms with Gasteiger partial charge in [-0.05, 0) is 18.6 Å². The molecular weight excluding hydrogens is 217 g/mol. The molecule has 16 heavy (non-hydrogen) atoms. The average molecular weight is 232 g/mol. The molecule has 2 nitrogen and oxygen atoms in total. The summed E-state index contributed by atoms with van der Waals surface area (Å²) in [6.07, 6.45) is -2.51. The summed E-state index contributed by atoms with van der Waals surface area (Å²) >= 11 is 0. The molecule has 0 saturated carbocycles. The Morgan fingerprint density at radius 3 is 2.50 bits per heavy atom. The van der Waals surface area contributed by atoms with E-state index in [-0.39, 0.29) is 5.69 Å². The molecule has 1 atom stereocenters. The average Bonchev–Trinajstić information content (AvgIpc) is 2.15. The van der Waals surface area contributed by atoms with E-state index in [2.05, 4.69) is 0 Å². The van der Waals surface area contributed by atoms with Crippen molar-refractivity contribution in [2.45, 2.75) is 19.4 Å². The maximum atomic E-state index is 13.6. The van der Waals surface area contributed by atoms with Crippen LogP contribution in [0, 0.1) is 5.82 Å². The zero-order chi connectivity index (χ0) is 12.3. The Kier molecular flexibility index (Phi) is 4.18. The third-order valence-corrected chi connectivity index (χ3v) is 2.30. The lowest BCUT2D eigenvalue weighted by molar-refractivity contribution is 0.156. The van der Waals surface area contributed by atoms with Crippen LogP contribution in [0.4, 0.5) is 18.9 Å². The van der Waals surface area contributed by atoms with Gasteiger partial charge in [0.05, 0.1) is 12.2 Å². The molecule has 0 radical (unpaired) electrons. The molecule has 2 N–H and O–H groups in total. The summed E-state index contributed by atoms with van der Waals surface area (Å²) in [7, 11) is 1.43. The fraction of sp³-hybridized carbons (Fsp3) is 0.455. The Balaban J connectivity index is 3.09. The SMILES string of the molecule is C[C@H](N)c1cccc(F)c1N(C)CC(F)F. The van der Waals surface area contributed by atoms with E-state index < -0.39 is 24.8 Å². The predicted molar refractivity (Wildman–Crippen MR) is 58.3 cm³/mol. The van der Waals surface area contributed by atoms with Crippen molar-refractivity contribution < 1.29 is 13.2 Å². The smallest absolute Gasteiger partial charge is 0.255 e. The first kappa shape index (κ1) is 12.8. The summed E-state index contributed by atoms with van der Waals surface area (Å²) in [5.74, 6) is -0.530. The van der Waals surface area contributed by atoms with Gasteiger partial charge in [0, 0.05) is 13.1 Å². The van der Waals surface area contributed by atoms with Gasteiger partial charge in [-0.3, -0.25) is 0 Å². The van der Waals surface area contributed by atoms with E-state index in [1.807, 2.05) is 0 Å². The van der Waals surface area contributed by atoms with Crippen LogP contribution in [-0.2, 0) is 0 Å². The summed E-state index contributed by atoms with van der Waals surface area (Å²) in [4.78, 5) is 1.19. The van der Waals surface area contributed by atoms with E-state index in [4.69, 9.17) is 5.73 Å². The first-order chi connectivity index (χ1) is 7.43. The Morgan fingerprint density at radius 2 is 2.00 bits per heavy atom. The molecule has 0 saturated heterocycles. The number of anilines is 1. The van der Waals surface area contributed by atoms with Crippen molar-refractivity contribution in [2.24, 2.45) is 5.73 Å². The van der Waals surface area contributed by atoms with Crippen LogP contribution in [0.25, 0.3) is 0 Å². The standard InChI is InChI=1S/C11H15F3N2/c1-7(15)8-4-3-5-9(12)11(8)16(2)6-10(13)14/h3-5,7,10H,6,15H2,1-2H3/t7-/m0/s1. The largest absolute Gasteiger partial charge is 0.366 e.